The van der Waals surface area contributed by atoms with Gasteiger partial charge in [0.15, 0.2) is 19.9 Å². The van der Waals surface area contributed by atoms with Crippen LogP contribution in [0.4, 0.5) is 13.2 Å². The summed E-state index contributed by atoms with van der Waals surface area (Å²) in [5.41, 5.74) is -0.878. The molecule has 0 heterocycles. The van der Waals surface area contributed by atoms with E-state index in [0.29, 0.717) is 0 Å². The summed E-state index contributed by atoms with van der Waals surface area (Å²) in [7, 11) is -6.07. The van der Waals surface area contributed by atoms with Crippen molar-refractivity contribution in [3.8, 4) is 22.3 Å². The highest BCUT2D eigenvalue weighted by Gasteiger charge is 2.36. The lowest BCUT2D eigenvalue weighted by Gasteiger charge is -2.08. The number of hydrogen-bond donors (Lipinski definition) is 0. The van der Waals surface area contributed by atoms with Gasteiger partial charge in [0.25, 0.3) is 0 Å². The van der Waals surface area contributed by atoms with Crippen LogP contribution in [0.3, 0.4) is 0 Å². The molecule has 0 radical (unpaired) electrons. The smallest absolute Gasteiger partial charge is 0.485 e. The zero-order valence-electron chi connectivity index (χ0n) is 18.7. The molecular weight excluding hydrogens is 552 g/mol. The van der Waals surface area contributed by atoms with Gasteiger partial charge >= 0.3 is 5.51 Å². The first-order valence-electron chi connectivity index (χ1n) is 10.3. The summed E-state index contributed by atoms with van der Waals surface area (Å²) in [6, 6.07) is 33.6. The molecule has 4 aromatic rings. The van der Waals surface area contributed by atoms with E-state index in [0.717, 1.165) is 10.0 Å². The fourth-order valence-electron chi connectivity index (χ4n) is 3.12. The van der Waals surface area contributed by atoms with Gasteiger partial charge < -0.3 is 4.55 Å². The van der Waals surface area contributed by atoms with Crippen molar-refractivity contribution in [2.24, 2.45) is 0 Å². The third-order valence-corrected chi connectivity index (χ3v) is 8.08. The van der Waals surface area contributed by atoms with Gasteiger partial charge in [0.1, 0.15) is 6.26 Å². The summed E-state index contributed by atoms with van der Waals surface area (Å²) in [4.78, 5) is 2.66. The lowest BCUT2D eigenvalue weighted by molar-refractivity contribution is -0.0517. The molecule has 3 nitrogen and oxygen atoms in total. The van der Waals surface area contributed by atoms with E-state index in [2.05, 4.69) is 79.1 Å². The monoisotopic (exact) mass is 570 g/mol. The first kappa shape index (κ1) is 28.1. The third-order valence-electron chi connectivity index (χ3n) is 5.05. The van der Waals surface area contributed by atoms with Crippen molar-refractivity contribution in [3.63, 3.8) is 0 Å². The van der Waals surface area contributed by atoms with Gasteiger partial charge in [0.05, 0.1) is 10.9 Å². The highest BCUT2D eigenvalue weighted by molar-refractivity contribution is 7.96. The van der Waals surface area contributed by atoms with E-state index in [-0.39, 0.29) is 10.9 Å². The number of halogens is 5. The van der Waals surface area contributed by atoms with Crippen molar-refractivity contribution in [2.45, 2.75) is 15.3 Å². The molecule has 0 amide bonds. The van der Waals surface area contributed by atoms with Crippen LogP contribution in [0.15, 0.2) is 107 Å². The molecule has 0 aliphatic heterocycles. The molecule has 10 heteroatoms. The Bertz CT molecular complexity index is 1300. The Morgan fingerprint density at radius 3 is 1.06 bits per heavy atom. The molecule has 0 saturated carbocycles. The van der Waals surface area contributed by atoms with Crippen molar-refractivity contribution in [1.82, 2.24) is 0 Å². The van der Waals surface area contributed by atoms with E-state index in [1.54, 1.807) is 0 Å². The fourth-order valence-corrected chi connectivity index (χ4v) is 4.74. The average Bonchev–Trinajstić information content (AvgIpc) is 2.84. The first-order valence-corrected chi connectivity index (χ1v) is 14.0. The Kier molecular flexibility index (Phi) is 9.13. The quantitative estimate of drug-likeness (QED) is 0.142. The van der Waals surface area contributed by atoms with Crippen LogP contribution in [0.25, 0.3) is 22.3 Å². The average molecular weight is 571 g/mol. The maximum Gasteiger partial charge on any atom is 0.485 e. The summed E-state index contributed by atoms with van der Waals surface area (Å²) in [5.74, 6) is 0. The van der Waals surface area contributed by atoms with E-state index >= 15 is 0 Å². The molecular formula is C26H19Cl2F3O3S2. The number of alkyl halides is 3. The molecule has 0 aliphatic rings. The van der Waals surface area contributed by atoms with Crippen molar-refractivity contribution >= 4 is 44.2 Å². The van der Waals surface area contributed by atoms with Gasteiger partial charge in [-0.1, -0.05) is 47.5 Å². The summed E-state index contributed by atoms with van der Waals surface area (Å²) in [6.45, 7) is 0. The van der Waals surface area contributed by atoms with Gasteiger partial charge in [-0.2, -0.15) is 13.2 Å². The summed E-state index contributed by atoms with van der Waals surface area (Å²) < 4.78 is 58.9. The first-order chi connectivity index (χ1) is 16.8. The van der Waals surface area contributed by atoms with Crippen LogP contribution in [-0.2, 0) is 21.0 Å². The summed E-state index contributed by atoms with van der Waals surface area (Å²) >= 11 is 12.0. The molecule has 0 aromatic heterocycles. The molecule has 0 bridgehead atoms. The predicted octanol–water partition coefficient (Wildman–Crippen LogP) is 8.04. The molecule has 188 valence electrons. The number of benzene rings is 4. The molecule has 4 rings (SSSR count). The molecule has 0 saturated heterocycles. The van der Waals surface area contributed by atoms with Gasteiger partial charge in [-0.15, -0.1) is 0 Å². The number of rotatable bonds is 4. The summed E-state index contributed by atoms with van der Waals surface area (Å²) in [6.07, 6.45) is 2.27. The van der Waals surface area contributed by atoms with Crippen LogP contribution < -0.4 is 0 Å². The lowest BCUT2D eigenvalue weighted by atomic mass is 10.1. The van der Waals surface area contributed by atoms with E-state index < -0.39 is 15.6 Å². The van der Waals surface area contributed by atoms with Crippen molar-refractivity contribution in [3.05, 3.63) is 107 Å². The lowest BCUT2D eigenvalue weighted by Crippen LogP contribution is -2.21. The van der Waals surface area contributed by atoms with E-state index in [1.807, 2.05) is 24.3 Å². The SMILES string of the molecule is C[S+](c1ccc(-c2ccc(Cl)cc2)cc1)c1ccc(-c2ccc(Cl)cc2)cc1.O=S(=O)([O-])C(F)(F)F. The van der Waals surface area contributed by atoms with Crippen molar-refractivity contribution in [1.29, 1.82) is 0 Å². The third kappa shape index (κ3) is 7.51. The van der Waals surface area contributed by atoms with Crippen LogP contribution in [0.2, 0.25) is 10.0 Å². The second-order valence-corrected chi connectivity index (χ2v) is 11.7. The van der Waals surface area contributed by atoms with Gasteiger partial charge in [-0.25, -0.2) is 8.42 Å². The predicted molar refractivity (Wildman–Crippen MR) is 139 cm³/mol. The van der Waals surface area contributed by atoms with Gasteiger partial charge in [0.2, 0.25) is 0 Å². The number of hydrogen-bond acceptors (Lipinski definition) is 3. The molecule has 36 heavy (non-hydrogen) atoms. The Morgan fingerprint density at radius 2 is 0.833 bits per heavy atom. The topological polar surface area (TPSA) is 57.2 Å². The molecule has 0 N–H and O–H groups in total. The van der Waals surface area contributed by atoms with Crippen LogP contribution in [0, 0.1) is 0 Å². The van der Waals surface area contributed by atoms with Crippen LogP contribution in [0.5, 0.6) is 0 Å². The minimum absolute atomic E-state index is 0.0243. The molecule has 0 atom stereocenters. The largest absolute Gasteiger partial charge is 0.741 e. The maximum atomic E-state index is 10.7. The molecule has 0 spiro atoms. The Morgan fingerprint density at radius 1 is 0.611 bits per heavy atom. The standard InChI is InChI=1S/C25H19Cl2S.CHF3O3S/c1-28(24-14-6-20(7-15-24)18-2-10-22(26)11-3-18)25-16-8-21(9-17-25)19-4-12-23(27)13-5-19;2-1(3,4)8(5,6)7/h2-17H,1H3;(H,5,6,7)/q+1;/p-1. The van der Waals surface area contributed by atoms with Crippen molar-refractivity contribution in [2.75, 3.05) is 6.26 Å². The van der Waals surface area contributed by atoms with E-state index in [9.17, 15) is 13.2 Å². The zero-order valence-corrected chi connectivity index (χ0v) is 21.8. The van der Waals surface area contributed by atoms with Gasteiger partial charge in [-0.3, -0.25) is 0 Å². The van der Waals surface area contributed by atoms with E-state index in [1.165, 1.54) is 32.0 Å². The van der Waals surface area contributed by atoms with Crippen LogP contribution in [0.1, 0.15) is 0 Å². The van der Waals surface area contributed by atoms with E-state index in [4.69, 9.17) is 36.2 Å². The Labute approximate surface area is 220 Å². The second-order valence-electron chi connectivity index (χ2n) is 7.47. The maximum absolute atomic E-state index is 10.7. The Hall–Kier alpha value is -2.49. The Balaban J connectivity index is 0.000000392. The highest BCUT2D eigenvalue weighted by atomic mass is 35.5. The normalized spacial score (nSPS) is 11.7. The summed E-state index contributed by atoms with van der Waals surface area (Å²) in [5, 5.41) is 1.52. The van der Waals surface area contributed by atoms with Gasteiger partial charge in [-0.05, 0) is 95.1 Å². The fraction of sp³-hybridized carbons (Fsp3) is 0.0769. The van der Waals surface area contributed by atoms with Crippen LogP contribution >= 0.6 is 23.2 Å². The molecule has 0 fully saturated rings. The van der Waals surface area contributed by atoms with Crippen molar-refractivity contribution < 1.29 is 26.1 Å². The van der Waals surface area contributed by atoms with Gasteiger partial charge in [0, 0.05) is 10.0 Å². The zero-order chi connectivity index (χ0) is 26.5. The molecule has 0 unspecified atom stereocenters. The molecule has 4 aromatic carbocycles. The second kappa shape index (κ2) is 11.7. The minimum Gasteiger partial charge on any atom is -0.741 e. The minimum atomic E-state index is -6.09. The molecule has 0 aliphatic carbocycles. The van der Waals surface area contributed by atoms with Crippen LogP contribution in [-0.4, -0.2) is 24.7 Å². The highest BCUT2D eigenvalue weighted by Crippen LogP contribution is 2.28.